The van der Waals surface area contributed by atoms with Crippen molar-refractivity contribution in [1.82, 2.24) is 15.5 Å². The zero-order valence-electron chi connectivity index (χ0n) is 12.5. The average Bonchev–Trinajstić information content (AvgIpc) is 2.94. The fraction of sp³-hybridized carbons (Fsp3) is 0.467. The first kappa shape index (κ1) is 15.8. The molecule has 1 aromatic carbocycles. The van der Waals surface area contributed by atoms with Crippen molar-refractivity contribution < 1.29 is 9.26 Å². The summed E-state index contributed by atoms with van der Waals surface area (Å²) in [6.45, 7) is 7.28. The number of benzene rings is 1. The van der Waals surface area contributed by atoms with Crippen molar-refractivity contribution >= 4 is 11.6 Å². The molecule has 0 saturated heterocycles. The van der Waals surface area contributed by atoms with Gasteiger partial charge in [0.1, 0.15) is 5.75 Å². The highest BCUT2D eigenvalue weighted by Crippen LogP contribution is 2.28. The van der Waals surface area contributed by atoms with Crippen molar-refractivity contribution in [1.29, 1.82) is 0 Å². The molecular weight excluding hydrogens is 290 g/mol. The predicted octanol–water partition coefficient (Wildman–Crippen LogP) is 3.53. The summed E-state index contributed by atoms with van der Waals surface area (Å²) in [7, 11) is 0. The second kappa shape index (κ2) is 7.43. The van der Waals surface area contributed by atoms with E-state index in [1.165, 1.54) is 0 Å². The molecule has 0 radical (unpaired) electrons. The number of hydrogen-bond donors (Lipinski definition) is 1. The predicted molar refractivity (Wildman–Crippen MR) is 81.6 cm³/mol. The minimum atomic E-state index is 0.241. The van der Waals surface area contributed by atoms with Gasteiger partial charge in [0.25, 0.3) is 0 Å². The molecule has 114 valence electrons. The molecule has 1 N–H and O–H groups in total. The molecule has 1 atom stereocenters. The number of nitrogens with one attached hydrogen (secondary N) is 1. The summed E-state index contributed by atoms with van der Waals surface area (Å²) in [5.74, 6) is 1.74. The molecule has 2 aromatic rings. The third kappa shape index (κ3) is 4.19. The highest BCUT2D eigenvalue weighted by Gasteiger charge is 2.10. The summed E-state index contributed by atoms with van der Waals surface area (Å²) in [6, 6.07) is 6.04. The van der Waals surface area contributed by atoms with Crippen LogP contribution in [0.25, 0.3) is 0 Å². The maximum Gasteiger partial charge on any atom is 0.226 e. The number of hydrogen-bond acceptors (Lipinski definition) is 5. The summed E-state index contributed by atoms with van der Waals surface area (Å²) in [4.78, 5) is 4.19. The molecule has 1 aromatic heterocycles. The van der Waals surface area contributed by atoms with Gasteiger partial charge in [0, 0.05) is 12.5 Å². The first-order valence-electron chi connectivity index (χ1n) is 7.11. The molecule has 0 bridgehead atoms. The smallest absolute Gasteiger partial charge is 0.226 e. The van der Waals surface area contributed by atoms with Gasteiger partial charge in [-0.3, -0.25) is 0 Å². The molecule has 6 heteroatoms. The van der Waals surface area contributed by atoms with Gasteiger partial charge in [-0.05, 0) is 31.2 Å². The topological polar surface area (TPSA) is 60.2 Å². The maximum absolute atomic E-state index is 6.26. The summed E-state index contributed by atoms with van der Waals surface area (Å²) in [5.41, 5.74) is 1.13. The molecule has 1 unspecified atom stereocenters. The van der Waals surface area contributed by atoms with Crippen molar-refractivity contribution in [2.45, 2.75) is 39.8 Å². The van der Waals surface area contributed by atoms with Crippen LogP contribution in [0.3, 0.4) is 0 Å². The molecule has 0 saturated carbocycles. The van der Waals surface area contributed by atoms with E-state index in [1.54, 1.807) is 0 Å². The van der Waals surface area contributed by atoms with Gasteiger partial charge >= 0.3 is 0 Å². The average molecular weight is 310 g/mol. The normalized spacial score (nSPS) is 12.4. The molecule has 0 spiro atoms. The van der Waals surface area contributed by atoms with Gasteiger partial charge in [-0.15, -0.1) is 0 Å². The Hall–Kier alpha value is -1.59. The van der Waals surface area contributed by atoms with E-state index in [2.05, 4.69) is 29.3 Å². The molecule has 0 fully saturated rings. The van der Waals surface area contributed by atoms with Gasteiger partial charge in [-0.2, -0.15) is 4.98 Å². The number of aryl methyl sites for hydroxylation is 1. The Morgan fingerprint density at radius 2 is 2.19 bits per heavy atom. The van der Waals surface area contributed by atoms with E-state index in [0.29, 0.717) is 28.9 Å². The zero-order chi connectivity index (χ0) is 15.2. The SMILES string of the molecule is CCNC(C)c1ccc(OCc2noc(CC)n2)c(Cl)c1. The number of ether oxygens (including phenoxy) is 1. The van der Waals surface area contributed by atoms with Gasteiger partial charge in [-0.25, -0.2) is 0 Å². The van der Waals surface area contributed by atoms with Gasteiger partial charge in [0.15, 0.2) is 6.61 Å². The molecule has 5 nitrogen and oxygen atoms in total. The lowest BCUT2D eigenvalue weighted by Gasteiger charge is -2.14. The van der Waals surface area contributed by atoms with E-state index in [1.807, 2.05) is 25.1 Å². The Bertz CT molecular complexity index is 586. The first-order chi connectivity index (χ1) is 10.1. The van der Waals surface area contributed by atoms with Crippen molar-refractivity contribution in [2.24, 2.45) is 0 Å². The number of rotatable bonds is 7. The molecule has 0 aliphatic rings. The highest BCUT2D eigenvalue weighted by molar-refractivity contribution is 6.32. The van der Waals surface area contributed by atoms with Crippen molar-refractivity contribution in [3.63, 3.8) is 0 Å². The Morgan fingerprint density at radius 3 is 2.81 bits per heavy atom. The third-order valence-corrected chi connectivity index (χ3v) is 3.43. The van der Waals surface area contributed by atoms with E-state index in [-0.39, 0.29) is 12.6 Å². The number of halogens is 1. The van der Waals surface area contributed by atoms with Crippen LogP contribution in [-0.4, -0.2) is 16.7 Å². The first-order valence-corrected chi connectivity index (χ1v) is 7.48. The van der Waals surface area contributed by atoms with Crippen LogP contribution in [0.1, 0.15) is 44.1 Å². The van der Waals surface area contributed by atoms with Gasteiger partial charge in [0.05, 0.1) is 5.02 Å². The highest BCUT2D eigenvalue weighted by atomic mass is 35.5. The van der Waals surface area contributed by atoms with Crippen LogP contribution in [0, 0.1) is 0 Å². The Morgan fingerprint density at radius 1 is 1.38 bits per heavy atom. The lowest BCUT2D eigenvalue weighted by molar-refractivity contribution is 0.285. The second-order valence-electron chi connectivity index (χ2n) is 4.72. The Balaban J connectivity index is 2.00. The monoisotopic (exact) mass is 309 g/mol. The lowest BCUT2D eigenvalue weighted by atomic mass is 10.1. The van der Waals surface area contributed by atoms with Crippen LogP contribution < -0.4 is 10.1 Å². The van der Waals surface area contributed by atoms with Crippen molar-refractivity contribution in [2.75, 3.05) is 6.54 Å². The van der Waals surface area contributed by atoms with E-state index in [4.69, 9.17) is 20.9 Å². The second-order valence-corrected chi connectivity index (χ2v) is 5.12. The zero-order valence-corrected chi connectivity index (χ0v) is 13.3. The molecule has 0 aliphatic carbocycles. The standard InChI is InChI=1S/C15H20ClN3O2/c1-4-15-18-14(19-21-15)9-20-13-7-6-11(8-12(13)16)10(3)17-5-2/h6-8,10,17H,4-5,9H2,1-3H3. The number of aromatic nitrogens is 2. The summed E-state index contributed by atoms with van der Waals surface area (Å²) < 4.78 is 10.7. The molecule has 0 aliphatic heterocycles. The van der Waals surface area contributed by atoms with Crippen LogP contribution >= 0.6 is 11.6 Å². The largest absolute Gasteiger partial charge is 0.484 e. The van der Waals surface area contributed by atoms with Crippen LogP contribution in [0.2, 0.25) is 5.02 Å². The molecule has 21 heavy (non-hydrogen) atoms. The van der Waals surface area contributed by atoms with Crippen LogP contribution in [-0.2, 0) is 13.0 Å². The summed E-state index contributed by atoms with van der Waals surface area (Å²) in [5, 5.41) is 7.76. The molecule has 1 heterocycles. The lowest BCUT2D eigenvalue weighted by Crippen LogP contribution is -2.17. The summed E-state index contributed by atoms with van der Waals surface area (Å²) in [6.07, 6.45) is 0.713. The minimum absolute atomic E-state index is 0.241. The Kier molecular flexibility index (Phi) is 5.59. The van der Waals surface area contributed by atoms with Gasteiger partial charge in [0.2, 0.25) is 11.7 Å². The van der Waals surface area contributed by atoms with E-state index in [0.717, 1.165) is 12.1 Å². The van der Waals surface area contributed by atoms with Gasteiger partial charge in [-0.1, -0.05) is 36.7 Å². The van der Waals surface area contributed by atoms with E-state index in [9.17, 15) is 0 Å². The third-order valence-electron chi connectivity index (χ3n) is 3.14. The number of nitrogens with zero attached hydrogens (tertiary/aromatic N) is 2. The fourth-order valence-electron chi connectivity index (χ4n) is 1.96. The Labute approximate surface area is 129 Å². The van der Waals surface area contributed by atoms with Crippen LogP contribution in [0.4, 0.5) is 0 Å². The van der Waals surface area contributed by atoms with Gasteiger partial charge < -0.3 is 14.6 Å². The van der Waals surface area contributed by atoms with E-state index < -0.39 is 0 Å². The maximum atomic E-state index is 6.26. The fourth-order valence-corrected chi connectivity index (χ4v) is 2.21. The molecule has 0 amide bonds. The van der Waals surface area contributed by atoms with Crippen LogP contribution in [0.5, 0.6) is 5.75 Å². The molecule has 2 rings (SSSR count). The van der Waals surface area contributed by atoms with Crippen molar-refractivity contribution in [3.05, 3.63) is 40.5 Å². The van der Waals surface area contributed by atoms with Crippen LogP contribution in [0.15, 0.2) is 22.7 Å². The minimum Gasteiger partial charge on any atom is -0.484 e. The quantitative estimate of drug-likeness (QED) is 0.847. The molecular formula is C15H20ClN3O2. The van der Waals surface area contributed by atoms with Crippen molar-refractivity contribution in [3.8, 4) is 5.75 Å². The van der Waals surface area contributed by atoms with E-state index >= 15 is 0 Å². The summed E-state index contributed by atoms with van der Waals surface area (Å²) >= 11 is 6.26.